The molecule has 1 aliphatic carbocycles. The van der Waals surface area contributed by atoms with Crippen LogP contribution < -0.4 is 11.1 Å². The second-order valence-electron chi connectivity index (χ2n) is 7.42. The van der Waals surface area contributed by atoms with Crippen molar-refractivity contribution in [2.45, 2.75) is 70.2 Å². The third-order valence-corrected chi connectivity index (χ3v) is 4.27. The van der Waals surface area contributed by atoms with Crippen LogP contribution in [0.25, 0.3) is 0 Å². The van der Waals surface area contributed by atoms with Crippen LogP contribution in [0, 0.1) is 0 Å². The van der Waals surface area contributed by atoms with E-state index in [4.69, 9.17) is 15.2 Å². The molecule has 0 bridgehead atoms. The van der Waals surface area contributed by atoms with Crippen LogP contribution in [0.5, 0.6) is 0 Å². The number of carbonyl (C=O) groups excluding carboxylic acids is 1. The van der Waals surface area contributed by atoms with Gasteiger partial charge in [-0.25, -0.2) is 4.79 Å². The zero-order chi connectivity index (χ0) is 16.2. The SMILES string of the molecule is CC(C)(C)OC(=O)N1CCOCC1CNC1CCC(N)CC1. The van der Waals surface area contributed by atoms with E-state index in [0.717, 1.165) is 32.2 Å². The summed E-state index contributed by atoms with van der Waals surface area (Å²) < 4.78 is 11.0. The van der Waals surface area contributed by atoms with E-state index >= 15 is 0 Å². The first-order chi connectivity index (χ1) is 10.3. The van der Waals surface area contributed by atoms with Crippen molar-refractivity contribution in [1.82, 2.24) is 10.2 Å². The van der Waals surface area contributed by atoms with Crippen molar-refractivity contribution in [3.63, 3.8) is 0 Å². The molecule has 0 spiro atoms. The Morgan fingerprint density at radius 2 is 2.00 bits per heavy atom. The summed E-state index contributed by atoms with van der Waals surface area (Å²) in [5.41, 5.74) is 5.47. The number of rotatable bonds is 3. The predicted octanol–water partition coefficient (Wildman–Crippen LogP) is 1.48. The number of nitrogens with zero attached hydrogens (tertiary/aromatic N) is 1. The van der Waals surface area contributed by atoms with Gasteiger partial charge in [-0.1, -0.05) is 0 Å². The minimum atomic E-state index is -0.465. The molecule has 1 saturated carbocycles. The Morgan fingerprint density at radius 3 is 2.64 bits per heavy atom. The number of hydrogen-bond donors (Lipinski definition) is 2. The first-order valence-electron chi connectivity index (χ1n) is 8.41. The Kier molecular flexibility index (Phi) is 6.06. The maximum Gasteiger partial charge on any atom is 0.410 e. The van der Waals surface area contributed by atoms with Gasteiger partial charge in [-0.3, -0.25) is 4.90 Å². The van der Waals surface area contributed by atoms with Gasteiger partial charge in [0.25, 0.3) is 0 Å². The molecule has 0 aromatic rings. The van der Waals surface area contributed by atoms with Gasteiger partial charge in [-0.05, 0) is 46.5 Å². The van der Waals surface area contributed by atoms with E-state index in [1.807, 2.05) is 20.8 Å². The van der Waals surface area contributed by atoms with Crippen LogP contribution in [-0.4, -0.2) is 61.0 Å². The number of carbonyl (C=O) groups is 1. The highest BCUT2D eigenvalue weighted by molar-refractivity contribution is 5.68. The van der Waals surface area contributed by atoms with Crippen molar-refractivity contribution in [3.05, 3.63) is 0 Å². The number of morpholine rings is 1. The van der Waals surface area contributed by atoms with Crippen LogP contribution in [-0.2, 0) is 9.47 Å². The number of hydrogen-bond acceptors (Lipinski definition) is 5. The number of amides is 1. The molecule has 6 nitrogen and oxygen atoms in total. The molecular formula is C16H31N3O3. The molecule has 2 rings (SSSR count). The maximum absolute atomic E-state index is 12.3. The molecule has 2 fully saturated rings. The molecule has 0 aromatic carbocycles. The summed E-state index contributed by atoms with van der Waals surface area (Å²) in [6.45, 7) is 8.17. The summed E-state index contributed by atoms with van der Waals surface area (Å²) in [7, 11) is 0. The molecule has 1 atom stereocenters. The van der Waals surface area contributed by atoms with Crippen molar-refractivity contribution >= 4 is 6.09 Å². The lowest BCUT2D eigenvalue weighted by Crippen LogP contribution is -2.55. The summed E-state index contributed by atoms with van der Waals surface area (Å²) in [6.07, 6.45) is 4.14. The standard InChI is InChI=1S/C16H31N3O3/c1-16(2,3)22-15(20)19-8-9-21-11-14(19)10-18-13-6-4-12(17)5-7-13/h12-14,18H,4-11,17H2,1-3H3. The molecule has 1 unspecified atom stereocenters. The fourth-order valence-corrected chi connectivity index (χ4v) is 3.01. The van der Waals surface area contributed by atoms with Gasteiger partial charge in [-0.15, -0.1) is 0 Å². The van der Waals surface area contributed by atoms with Crippen LogP contribution >= 0.6 is 0 Å². The highest BCUT2D eigenvalue weighted by Gasteiger charge is 2.31. The van der Waals surface area contributed by atoms with E-state index in [0.29, 0.717) is 31.8 Å². The highest BCUT2D eigenvalue weighted by atomic mass is 16.6. The van der Waals surface area contributed by atoms with Crippen LogP contribution in [0.2, 0.25) is 0 Å². The molecule has 2 aliphatic rings. The summed E-state index contributed by atoms with van der Waals surface area (Å²) >= 11 is 0. The smallest absolute Gasteiger partial charge is 0.410 e. The largest absolute Gasteiger partial charge is 0.444 e. The Balaban J connectivity index is 1.83. The minimum Gasteiger partial charge on any atom is -0.444 e. The van der Waals surface area contributed by atoms with Gasteiger partial charge in [-0.2, -0.15) is 0 Å². The highest BCUT2D eigenvalue weighted by Crippen LogP contribution is 2.18. The predicted molar refractivity (Wildman–Crippen MR) is 85.8 cm³/mol. The molecule has 1 amide bonds. The first kappa shape index (κ1) is 17.5. The normalized spacial score (nSPS) is 30.2. The van der Waals surface area contributed by atoms with E-state index in [9.17, 15) is 4.79 Å². The number of ether oxygens (including phenoxy) is 2. The third-order valence-electron chi connectivity index (χ3n) is 4.27. The van der Waals surface area contributed by atoms with E-state index < -0.39 is 5.60 Å². The molecule has 0 radical (unpaired) electrons. The maximum atomic E-state index is 12.3. The van der Waals surface area contributed by atoms with Gasteiger partial charge >= 0.3 is 6.09 Å². The molecule has 128 valence electrons. The molecule has 0 aromatic heterocycles. The van der Waals surface area contributed by atoms with Crippen molar-refractivity contribution in [2.75, 3.05) is 26.3 Å². The molecular weight excluding hydrogens is 282 g/mol. The van der Waals surface area contributed by atoms with Gasteiger partial charge in [0.1, 0.15) is 5.60 Å². The molecule has 22 heavy (non-hydrogen) atoms. The summed E-state index contributed by atoms with van der Waals surface area (Å²) in [5.74, 6) is 0. The van der Waals surface area contributed by atoms with E-state index in [1.165, 1.54) is 0 Å². The van der Waals surface area contributed by atoms with E-state index in [2.05, 4.69) is 5.32 Å². The zero-order valence-corrected chi connectivity index (χ0v) is 14.1. The van der Waals surface area contributed by atoms with Gasteiger partial charge in [0.05, 0.1) is 19.3 Å². The molecule has 6 heteroatoms. The van der Waals surface area contributed by atoms with Crippen LogP contribution in [0.15, 0.2) is 0 Å². The number of nitrogens with one attached hydrogen (secondary N) is 1. The average molecular weight is 313 g/mol. The Bertz CT molecular complexity index is 362. The average Bonchev–Trinajstić information content (AvgIpc) is 2.45. The summed E-state index contributed by atoms with van der Waals surface area (Å²) in [6, 6.07) is 0.899. The first-order valence-corrected chi connectivity index (χ1v) is 8.41. The van der Waals surface area contributed by atoms with Gasteiger partial charge in [0.15, 0.2) is 0 Å². The van der Waals surface area contributed by atoms with Gasteiger partial charge in [0.2, 0.25) is 0 Å². The fourth-order valence-electron chi connectivity index (χ4n) is 3.01. The van der Waals surface area contributed by atoms with Gasteiger partial charge in [0, 0.05) is 25.2 Å². The van der Waals surface area contributed by atoms with Crippen molar-refractivity contribution < 1.29 is 14.3 Å². The topological polar surface area (TPSA) is 76.8 Å². The van der Waals surface area contributed by atoms with Crippen LogP contribution in [0.3, 0.4) is 0 Å². The Morgan fingerprint density at radius 1 is 1.32 bits per heavy atom. The second kappa shape index (κ2) is 7.62. The lowest BCUT2D eigenvalue weighted by molar-refractivity contribution is -0.0324. The lowest BCUT2D eigenvalue weighted by atomic mass is 9.92. The van der Waals surface area contributed by atoms with E-state index in [1.54, 1.807) is 4.90 Å². The molecule has 1 heterocycles. The number of nitrogens with two attached hydrogens (primary N) is 1. The fraction of sp³-hybridized carbons (Fsp3) is 0.938. The monoisotopic (exact) mass is 313 g/mol. The summed E-state index contributed by atoms with van der Waals surface area (Å²) in [5, 5.41) is 3.57. The quantitative estimate of drug-likeness (QED) is 0.825. The van der Waals surface area contributed by atoms with Crippen LogP contribution in [0.4, 0.5) is 4.79 Å². The molecule has 1 saturated heterocycles. The minimum absolute atomic E-state index is 0.0409. The van der Waals surface area contributed by atoms with Crippen LogP contribution in [0.1, 0.15) is 46.5 Å². The van der Waals surface area contributed by atoms with Crippen molar-refractivity contribution in [1.29, 1.82) is 0 Å². The lowest BCUT2D eigenvalue weighted by Gasteiger charge is -2.38. The third kappa shape index (κ3) is 5.41. The van der Waals surface area contributed by atoms with Crippen molar-refractivity contribution in [2.24, 2.45) is 5.73 Å². The second-order valence-corrected chi connectivity index (χ2v) is 7.42. The zero-order valence-electron chi connectivity index (χ0n) is 14.1. The Hall–Kier alpha value is -0.850. The molecule has 1 aliphatic heterocycles. The molecule has 3 N–H and O–H groups in total. The van der Waals surface area contributed by atoms with Gasteiger partial charge < -0.3 is 20.5 Å². The Labute approximate surface area is 133 Å². The van der Waals surface area contributed by atoms with Crippen molar-refractivity contribution in [3.8, 4) is 0 Å². The summed E-state index contributed by atoms with van der Waals surface area (Å²) in [4.78, 5) is 14.1. The van der Waals surface area contributed by atoms with E-state index in [-0.39, 0.29) is 12.1 Å².